The molecule has 0 heterocycles. The normalized spacial score (nSPS) is 9.18. The van der Waals surface area contributed by atoms with Crippen LogP contribution in [-0.4, -0.2) is 24.1 Å². The van der Waals surface area contributed by atoms with Gasteiger partial charge in [0.25, 0.3) is 5.91 Å². The van der Waals surface area contributed by atoms with Crippen molar-refractivity contribution in [3.05, 3.63) is 11.6 Å². The summed E-state index contributed by atoms with van der Waals surface area (Å²) >= 11 is 10.4. The number of amides is 2. The highest BCUT2D eigenvalue weighted by molar-refractivity contribution is 6.18. The van der Waals surface area contributed by atoms with Crippen LogP contribution < -0.4 is 5.32 Å². The highest BCUT2D eigenvalue weighted by atomic mass is 35.5. The van der Waals surface area contributed by atoms with Crippen LogP contribution in [0, 0.1) is 0 Å². The van der Waals surface area contributed by atoms with E-state index < -0.39 is 0 Å². The molecule has 0 rings (SSSR count). The molecule has 0 aliphatic heterocycles. The lowest BCUT2D eigenvalue weighted by atomic mass is 10.3. The number of alkyl halides is 2. The zero-order valence-electron chi connectivity index (χ0n) is 11.1. The zero-order chi connectivity index (χ0) is 14.1. The van der Waals surface area contributed by atoms with Crippen LogP contribution in [0.3, 0.4) is 0 Å². The molecule has 0 aromatic carbocycles. The minimum atomic E-state index is -0.340. The number of hydrogen-bond donors (Lipinski definition) is 1. The van der Waals surface area contributed by atoms with Crippen LogP contribution in [-0.2, 0) is 9.59 Å². The topological polar surface area (TPSA) is 46.2 Å². The van der Waals surface area contributed by atoms with Gasteiger partial charge in [0.05, 0.1) is 0 Å². The Kier molecular flexibility index (Phi) is 26.6. The van der Waals surface area contributed by atoms with E-state index >= 15 is 0 Å². The lowest BCUT2D eigenvalue weighted by Gasteiger charge is -1.93. The van der Waals surface area contributed by atoms with E-state index in [2.05, 4.69) is 0 Å². The summed E-state index contributed by atoms with van der Waals surface area (Å²) in [5, 5.41) is 2.01. The average molecular weight is 284 g/mol. The maximum Gasteiger partial charge on any atom is 0.252 e. The van der Waals surface area contributed by atoms with Crippen LogP contribution in [0.25, 0.3) is 0 Å². The Morgan fingerprint density at radius 3 is 1.71 bits per heavy atom. The van der Waals surface area contributed by atoms with Crippen molar-refractivity contribution < 1.29 is 9.59 Å². The van der Waals surface area contributed by atoms with Crippen LogP contribution in [0.4, 0.5) is 0 Å². The van der Waals surface area contributed by atoms with Crippen LogP contribution in [0.2, 0.25) is 0 Å². The van der Waals surface area contributed by atoms with Crippen molar-refractivity contribution in [1.29, 1.82) is 0 Å². The van der Waals surface area contributed by atoms with Gasteiger partial charge in [-0.15, -0.1) is 23.2 Å². The summed E-state index contributed by atoms with van der Waals surface area (Å²) < 4.78 is 0. The molecule has 2 amide bonds. The molecule has 102 valence electrons. The molecule has 0 unspecified atom stereocenters. The number of halogens is 2. The summed E-state index contributed by atoms with van der Waals surface area (Å²) in [5.74, 6) is 1.24. The number of hydrogen-bond acceptors (Lipinski definition) is 2. The first kappa shape index (κ1) is 21.7. The molecule has 17 heavy (non-hydrogen) atoms. The van der Waals surface area contributed by atoms with Crippen molar-refractivity contribution in [2.24, 2.45) is 0 Å². The van der Waals surface area contributed by atoms with Gasteiger partial charge in [0.2, 0.25) is 6.41 Å². The maximum atomic E-state index is 10.6. The summed E-state index contributed by atoms with van der Waals surface area (Å²) in [6.07, 6.45) is 4.18. The van der Waals surface area contributed by atoms with Crippen LogP contribution in [0.15, 0.2) is 11.6 Å². The van der Waals surface area contributed by atoms with E-state index in [4.69, 9.17) is 23.2 Å². The molecule has 1 N–H and O–H groups in total. The average Bonchev–Trinajstić information content (AvgIpc) is 2.38. The van der Waals surface area contributed by atoms with Crippen molar-refractivity contribution in [3.8, 4) is 0 Å². The van der Waals surface area contributed by atoms with Crippen molar-refractivity contribution in [3.63, 3.8) is 0 Å². The largest absolute Gasteiger partial charge is 0.295 e. The molecule has 0 spiro atoms. The number of carbonyl (C=O) groups excluding carboxylic acids is 2. The smallest absolute Gasteiger partial charge is 0.252 e. The fourth-order valence-electron chi connectivity index (χ4n) is 0.298. The monoisotopic (exact) mass is 283 g/mol. The molecule has 0 radical (unpaired) electrons. The molecular formula is C12H23Cl2NO2. The predicted octanol–water partition coefficient (Wildman–Crippen LogP) is 3.50. The van der Waals surface area contributed by atoms with Crippen LogP contribution in [0.5, 0.6) is 0 Å². The number of allylic oxidation sites excluding steroid dienone is 1. The Balaban J connectivity index is -0.000000205. The van der Waals surface area contributed by atoms with E-state index in [1.165, 1.54) is 0 Å². The molecule has 0 fully saturated rings. The molecule has 0 aromatic heterocycles. The van der Waals surface area contributed by atoms with Gasteiger partial charge in [0.1, 0.15) is 0 Å². The van der Waals surface area contributed by atoms with Gasteiger partial charge in [0.15, 0.2) is 0 Å². The number of rotatable bonds is 4. The third kappa shape index (κ3) is 25.6. The van der Waals surface area contributed by atoms with E-state index in [0.29, 0.717) is 12.0 Å². The summed E-state index contributed by atoms with van der Waals surface area (Å²) in [7, 11) is 0. The molecule has 5 heteroatoms. The highest BCUT2D eigenvalue weighted by Crippen LogP contribution is 1.88. The Bertz CT molecular complexity index is 199. The first-order chi connectivity index (χ1) is 8.05. The molecule has 0 aromatic rings. The second kappa shape index (κ2) is 20.8. The van der Waals surface area contributed by atoms with E-state index in [-0.39, 0.29) is 5.91 Å². The standard InChI is InChI=1S/C6H9NO2.2C3H7Cl/c1-3-5(2)6(9)7-4-8;2*1-2-3-4/h3-4H,1-2H3,(H,7,8,9);2*2-3H2,1H3/b5-3-;;. The Labute approximate surface area is 115 Å². The summed E-state index contributed by atoms with van der Waals surface area (Å²) in [5.41, 5.74) is 0.544. The molecular weight excluding hydrogens is 261 g/mol. The Morgan fingerprint density at radius 1 is 1.18 bits per heavy atom. The minimum absolute atomic E-state index is 0.340. The quantitative estimate of drug-likeness (QED) is 0.488. The number of nitrogens with one attached hydrogen (secondary N) is 1. The van der Waals surface area contributed by atoms with Gasteiger partial charge in [-0.3, -0.25) is 14.9 Å². The minimum Gasteiger partial charge on any atom is -0.295 e. The van der Waals surface area contributed by atoms with Gasteiger partial charge in [0, 0.05) is 17.3 Å². The van der Waals surface area contributed by atoms with Gasteiger partial charge in [-0.2, -0.15) is 0 Å². The third-order valence-corrected chi connectivity index (χ3v) is 2.12. The van der Waals surface area contributed by atoms with Crippen molar-refractivity contribution in [2.75, 3.05) is 11.8 Å². The van der Waals surface area contributed by atoms with Gasteiger partial charge in [-0.05, 0) is 26.7 Å². The van der Waals surface area contributed by atoms with E-state index in [9.17, 15) is 9.59 Å². The van der Waals surface area contributed by atoms with E-state index in [1.807, 2.05) is 19.2 Å². The first-order valence-electron chi connectivity index (χ1n) is 5.54. The van der Waals surface area contributed by atoms with Gasteiger partial charge < -0.3 is 0 Å². The lowest BCUT2D eigenvalue weighted by Crippen LogP contribution is -2.21. The summed E-state index contributed by atoms with van der Waals surface area (Å²) in [4.78, 5) is 20.2. The van der Waals surface area contributed by atoms with Gasteiger partial charge in [-0.1, -0.05) is 19.9 Å². The molecule has 3 nitrogen and oxygen atoms in total. The maximum absolute atomic E-state index is 10.6. The third-order valence-electron chi connectivity index (χ3n) is 1.36. The summed E-state index contributed by atoms with van der Waals surface area (Å²) in [6.45, 7) is 7.47. The zero-order valence-corrected chi connectivity index (χ0v) is 12.6. The SMILES string of the molecule is C/C=C(/C)C(=O)NC=O.CCCCl.CCCCl. The van der Waals surface area contributed by atoms with Crippen LogP contribution in [0.1, 0.15) is 40.5 Å². The fourth-order valence-corrected chi connectivity index (χ4v) is 0.298. The highest BCUT2D eigenvalue weighted by Gasteiger charge is 1.98. The Hall–Kier alpha value is -0.540. The fraction of sp³-hybridized carbons (Fsp3) is 0.667. The second-order valence-electron chi connectivity index (χ2n) is 2.94. The molecule has 0 aliphatic rings. The second-order valence-corrected chi connectivity index (χ2v) is 3.70. The lowest BCUT2D eigenvalue weighted by molar-refractivity contribution is -0.122. The molecule has 0 aliphatic carbocycles. The summed E-state index contributed by atoms with van der Waals surface area (Å²) in [6, 6.07) is 0. The van der Waals surface area contributed by atoms with Gasteiger partial charge in [-0.25, -0.2) is 0 Å². The first-order valence-corrected chi connectivity index (χ1v) is 6.61. The van der Waals surface area contributed by atoms with Crippen molar-refractivity contribution in [2.45, 2.75) is 40.5 Å². The Morgan fingerprint density at radius 2 is 1.53 bits per heavy atom. The number of carbonyl (C=O) groups is 2. The molecule has 0 saturated heterocycles. The van der Waals surface area contributed by atoms with E-state index in [1.54, 1.807) is 19.9 Å². The van der Waals surface area contributed by atoms with E-state index in [0.717, 1.165) is 24.6 Å². The molecule has 0 bridgehead atoms. The van der Waals surface area contributed by atoms with Crippen molar-refractivity contribution in [1.82, 2.24) is 5.32 Å². The van der Waals surface area contributed by atoms with Gasteiger partial charge >= 0.3 is 0 Å². The molecule has 0 atom stereocenters. The predicted molar refractivity (Wildman–Crippen MR) is 75.7 cm³/mol. The van der Waals surface area contributed by atoms with Crippen molar-refractivity contribution >= 4 is 35.5 Å². The molecule has 0 saturated carbocycles. The number of imide groups is 1. The van der Waals surface area contributed by atoms with Crippen LogP contribution >= 0.6 is 23.2 Å².